The predicted molar refractivity (Wildman–Crippen MR) is 112 cm³/mol. The average Bonchev–Trinajstić information content (AvgIpc) is 3.28. The third-order valence-electron chi connectivity index (χ3n) is 6.01. The Morgan fingerprint density at radius 3 is 2.44 bits per heavy atom. The Bertz CT molecular complexity index is 592. The number of benzene rings is 1. The van der Waals surface area contributed by atoms with Crippen molar-refractivity contribution in [3.8, 4) is 0 Å². The van der Waals surface area contributed by atoms with Crippen LogP contribution in [0, 0.1) is 5.92 Å². The lowest BCUT2D eigenvalue weighted by Gasteiger charge is -2.28. The molecule has 3 rings (SSSR count). The number of hydrogen-bond acceptors (Lipinski definition) is 3. The summed E-state index contributed by atoms with van der Waals surface area (Å²) in [6.45, 7) is 11.8. The Morgan fingerprint density at radius 2 is 1.78 bits per heavy atom. The predicted octanol–water partition coefficient (Wildman–Crippen LogP) is 3.62. The lowest BCUT2D eigenvalue weighted by atomic mass is 10.00. The second-order valence-corrected chi connectivity index (χ2v) is 8.90. The molecule has 150 valence electrons. The Hall–Kier alpha value is -1.39. The van der Waals surface area contributed by atoms with Crippen LogP contribution in [0.5, 0.6) is 0 Å². The maximum atomic E-state index is 12.6. The van der Waals surface area contributed by atoms with Crippen LogP contribution in [0.2, 0.25) is 0 Å². The van der Waals surface area contributed by atoms with Crippen LogP contribution in [-0.4, -0.2) is 54.5 Å². The largest absolute Gasteiger partial charge is 0.348 e. The van der Waals surface area contributed by atoms with Gasteiger partial charge in [0, 0.05) is 12.6 Å². The Morgan fingerprint density at radius 1 is 1.07 bits per heavy atom. The van der Waals surface area contributed by atoms with E-state index in [0.717, 1.165) is 19.5 Å². The molecule has 2 aliphatic heterocycles. The van der Waals surface area contributed by atoms with E-state index in [1.807, 2.05) is 0 Å². The normalized spacial score (nSPS) is 22.4. The second-order valence-electron chi connectivity index (χ2n) is 8.90. The van der Waals surface area contributed by atoms with Crippen LogP contribution in [0.4, 0.5) is 0 Å². The molecule has 1 aromatic rings. The summed E-state index contributed by atoms with van der Waals surface area (Å²) < 4.78 is 0. The van der Waals surface area contributed by atoms with Crippen molar-refractivity contribution in [1.82, 2.24) is 15.1 Å². The highest BCUT2D eigenvalue weighted by Gasteiger charge is 2.28. The van der Waals surface area contributed by atoms with E-state index in [1.165, 1.54) is 49.9 Å². The van der Waals surface area contributed by atoms with E-state index < -0.39 is 0 Å². The zero-order valence-electron chi connectivity index (χ0n) is 17.4. The van der Waals surface area contributed by atoms with Crippen molar-refractivity contribution in [2.45, 2.75) is 65.0 Å². The molecule has 2 aliphatic rings. The highest BCUT2D eigenvalue weighted by atomic mass is 16.2. The first-order chi connectivity index (χ1) is 13.0. The van der Waals surface area contributed by atoms with Crippen molar-refractivity contribution in [2.75, 3.05) is 32.7 Å². The van der Waals surface area contributed by atoms with E-state index in [-0.39, 0.29) is 11.9 Å². The molecular formula is C23H37N3O. The van der Waals surface area contributed by atoms with Crippen molar-refractivity contribution in [2.24, 2.45) is 5.92 Å². The van der Waals surface area contributed by atoms with Gasteiger partial charge in [0.25, 0.3) is 0 Å². The van der Waals surface area contributed by atoms with E-state index in [2.05, 4.69) is 60.2 Å². The third kappa shape index (κ3) is 6.05. The molecule has 0 aromatic heterocycles. The molecule has 1 amide bonds. The van der Waals surface area contributed by atoms with Crippen LogP contribution in [-0.2, 0) is 11.2 Å². The molecule has 2 unspecified atom stereocenters. The molecule has 4 heteroatoms. The van der Waals surface area contributed by atoms with Crippen molar-refractivity contribution in [3.63, 3.8) is 0 Å². The maximum Gasteiger partial charge on any atom is 0.234 e. The highest BCUT2D eigenvalue weighted by molar-refractivity contribution is 5.78. The first-order valence-corrected chi connectivity index (χ1v) is 10.9. The minimum atomic E-state index is 0.0604. The van der Waals surface area contributed by atoms with E-state index >= 15 is 0 Å². The molecule has 0 bridgehead atoms. The van der Waals surface area contributed by atoms with Crippen LogP contribution in [0.1, 0.15) is 63.6 Å². The zero-order chi connectivity index (χ0) is 19.2. The lowest BCUT2D eigenvalue weighted by molar-refractivity contribution is -0.123. The van der Waals surface area contributed by atoms with Crippen molar-refractivity contribution >= 4 is 5.91 Å². The number of rotatable bonds is 8. The first-order valence-electron chi connectivity index (χ1n) is 10.9. The van der Waals surface area contributed by atoms with Gasteiger partial charge in [0.15, 0.2) is 0 Å². The number of hydrogen-bond donors (Lipinski definition) is 1. The van der Waals surface area contributed by atoms with Crippen molar-refractivity contribution in [3.05, 3.63) is 35.4 Å². The van der Waals surface area contributed by atoms with E-state index in [0.29, 0.717) is 18.5 Å². The molecule has 0 radical (unpaired) electrons. The van der Waals surface area contributed by atoms with Crippen LogP contribution >= 0.6 is 0 Å². The van der Waals surface area contributed by atoms with Gasteiger partial charge in [-0.05, 0) is 75.7 Å². The third-order valence-corrected chi connectivity index (χ3v) is 6.01. The smallest absolute Gasteiger partial charge is 0.234 e. The summed E-state index contributed by atoms with van der Waals surface area (Å²) in [5, 5.41) is 3.20. The number of nitrogens with one attached hydrogen (secondary N) is 1. The summed E-state index contributed by atoms with van der Waals surface area (Å²) in [5.41, 5.74) is 2.56. The van der Waals surface area contributed by atoms with Gasteiger partial charge >= 0.3 is 0 Å². The van der Waals surface area contributed by atoms with Gasteiger partial charge in [0.2, 0.25) is 5.91 Å². The monoisotopic (exact) mass is 371 g/mol. The molecule has 0 saturated carbocycles. The Labute approximate surface area is 165 Å². The summed E-state index contributed by atoms with van der Waals surface area (Å²) in [7, 11) is 0. The lowest BCUT2D eigenvalue weighted by Crippen LogP contribution is -2.44. The number of carbonyl (C=O) groups excluding carboxylic acids is 1. The molecular weight excluding hydrogens is 334 g/mol. The van der Waals surface area contributed by atoms with Crippen LogP contribution in [0.3, 0.4) is 0 Å². The second kappa shape index (κ2) is 9.70. The number of nitrogens with zero attached hydrogens (tertiary/aromatic N) is 2. The number of carbonyl (C=O) groups is 1. The molecule has 2 atom stereocenters. The minimum absolute atomic E-state index is 0.0604. The quantitative estimate of drug-likeness (QED) is 0.758. The number of likely N-dealkylation sites (tertiary alicyclic amines) is 2. The molecule has 1 aromatic carbocycles. The van der Waals surface area contributed by atoms with Gasteiger partial charge in [-0.3, -0.25) is 9.69 Å². The van der Waals surface area contributed by atoms with E-state index in [4.69, 9.17) is 0 Å². The molecule has 0 spiro atoms. The number of amides is 1. The molecule has 2 saturated heterocycles. The van der Waals surface area contributed by atoms with Crippen molar-refractivity contribution < 1.29 is 4.79 Å². The Balaban J connectivity index is 1.47. The van der Waals surface area contributed by atoms with Crippen LogP contribution in [0.15, 0.2) is 24.3 Å². The molecule has 2 heterocycles. The fourth-order valence-electron chi connectivity index (χ4n) is 4.54. The zero-order valence-corrected chi connectivity index (χ0v) is 17.4. The van der Waals surface area contributed by atoms with Gasteiger partial charge in [-0.15, -0.1) is 0 Å². The first kappa shape index (κ1) is 20.3. The molecule has 27 heavy (non-hydrogen) atoms. The maximum absolute atomic E-state index is 12.6. The van der Waals surface area contributed by atoms with E-state index in [1.54, 1.807) is 0 Å². The van der Waals surface area contributed by atoms with E-state index in [9.17, 15) is 4.79 Å². The van der Waals surface area contributed by atoms with Crippen molar-refractivity contribution in [1.29, 1.82) is 0 Å². The minimum Gasteiger partial charge on any atom is -0.348 e. The van der Waals surface area contributed by atoms with Gasteiger partial charge in [-0.1, -0.05) is 38.1 Å². The summed E-state index contributed by atoms with van der Waals surface area (Å²) in [5.74, 6) is 0.823. The van der Waals surface area contributed by atoms with Gasteiger partial charge in [0.05, 0.1) is 12.6 Å². The molecule has 0 aliphatic carbocycles. The van der Waals surface area contributed by atoms with Gasteiger partial charge < -0.3 is 10.2 Å². The Kier molecular flexibility index (Phi) is 7.31. The molecule has 4 nitrogen and oxygen atoms in total. The van der Waals surface area contributed by atoms with Gasteiger partial charge in [-0.25, -0.2) is 0 Å². The SMILES string of the molecule is CC(C)Cc1ccc(C(C)NC(=O)CN2CCCC2CN2CCCC2)cc1. The van der Waals surface area contributed by atoms with Crippen LogP contribution < -0.4 is 5.32 Å². The summed E-state index contributed by atoms with van der Waals surface area (Å²) >= 11 is 0. The van der Waals surface area contributed by atoms with Gasteiger partial charge in [-0.2, -0.15) is 0 Å². The fraction of sp³-hybridized carbons (Fsp3) is 0.696. The van der Waals surface area contributed by atoms with Gasteiger partial charge in [0.1, 0.15) is 0 Å². The summed E-state index contributed by atoms with van der Waals surface area (Å²) in [6, 6.07) is 9.34. The highest BCUT2D eigenvalue weighted by Crippen LogP contribution is 2.20. The standard InChI is InChI=1S/C23H37N3O/c1-18(2)15-20-8-10-21(11-9-20)19(3)24-23(27)17-26-14-6-7-22(26)16-25-12-4-5-13-25/h8-11,18-19,22H,4-7,12-17H2,1-3H3,(H,24,27). The molecule has 2 fully saturated rings. The summed E-state index contributed by atoms with van der Waals surface area (Å²) in [4.78, 5) is 17.6. The summed E-state index contributed by atoms with van der Waals surface area (Å²) in [6.07, 6.45) is 6.23. The molecule has 1 N–H and O–H groups in total. The topological polar surface area (TPSA) is 35.6 Å². The average molecular weight is 372 g/mol. The fourth-order valence-corrected chi connectivity index (χ4v) is 4.54. The van der Waals surface area contributed by atoms with Crippen LogP contribution in [0.25, 0.3) is 0 Å².